The first-order valence-corrected chi connectivity index (χ1v) is 9.53. The first-order chi connectivity index (χ1) is 13.4. The summed E-state index contributed by atoms with van der Waals surface area (Å²) in [7, 11) is 1.90. The normalized spacial score (nSPS) is 24.0. The Morgan fingerprint density at radius 3 is 2.71 bits per heavy atom. The number of aliphatic hydroxyl groups is 1. The minimum atomic E-state index is -0.903. The first kappa shape index (κ1) is 18.6. The molecule has 3 atom stereocenters. The van der Waals surface area contributed by atoms with Crippen LogP contribution in [0.1, 0.15) is 12.5 Å². The molecule has 2 saturated heterocycles. The Kier molecular flexibility index (Phi) is 4.91. The Balaban J connectivity index is 1.51. The molecule has 1 aromatic carbocycles. The van der Waals surface area contributed by atoms with Crippen molar-refractivity contribution in [3.05, 3.63) is 42.1 Å². The molecule has 3 heterocycles. The van der Waals surface area contributed by atoms with Crippen LogP contribution in [-0.2, 0) is 23.2 Å². The lowest BCUT2D eigenvalue weighted by atomic mass is 10.0. The van der Waals surface area contributed by atoms with E-state index in [4.69, 9.17) is 0 Å². The highest BCUT2D eigenvalue weighted by Gasteiger charge is 2.44. The summed E-state index contributed by atoms with van der Waals surface area (Å²) < 4.78 is 1.80. The van der Waals surface area contributed by atoms with Gasteiger partial charge in [-0.15, -0.1) is 0 Å². The van der Waals surface area contributed by atoms with Crippen LogP contribution < -0.4 is 5.32 Å². The summed E-state index contributed by atoms with van der Waals surface area (Å²) in [5.41, 5.74) is 3.08. The molecule has 148 valence electrons. The van der Waals surface area contributed by atoms with Crippen LogP contribution in [0.15, 0.2) is 36.5 Å². The SMILES string of the molecule is C[C@@H](O)[C@@H]1NC(=O)[C@H]2CN(Cc3cn(C)nc3-c3ccccc3)CCN2C1=O. The molecule has 0 unspecified atom stereocenters. The lowest BCUT2D eigenvalue weighted by molar-refractivity contribution is -0.156. The van der Waals surface area contributed by atoms with Gasteiger partial charge in [0.25, 0.3) is 0 Å². The van der Waals surface area contributed by atoms with Gasteiger partial charge >= 0.3 is 0 Å². The monoisotopic (exact) mass is 383 g/mol. The molecule has 8 nitrogen and oxygen atoms in total. The molecule has 0 bridgehead atoms. The zero-order valence-electron chi connectivity index (χ0n) is 16.1. The summed E-state index contributed by atoms with van der Waals surface area (Å²) in [6, 6.07) is 8.66. The highest BCUT2D eigenvalue weighted by atomic mass is 16.3. The summed E-state index contributed by atoms with van der Waals surface area (Å²) in [6.07, 6.45) is 1.10. The van der Waals surface area contributed by atoms with Gasteiger partial charge in [0.2, 0.25) is 11.8 Å². The number of amides is 2. The molecule has 0 saturated carbocycles. The number of nitrogens with one attached hydrogen (secondary N) is 1. The van der Waals surface area contributed by atoms with Crippen LogP contribution in [0.2, 0.25) is 0 Å². The molecular weight excluding hydrogens is 358 g/mol. The molecule has 2 aromatic rings. The van der Waals surface area contributed by atoms with Gasteiger partial charge in [-0.25, -0.2) is 0 Å². The molecular formula is C20H25N5O3. The molecule has 2 fully saturated rings. The van der Waals surface area contributed by atoms with Crippen LogP contribution in [0.25, 0.3) is 11.3 Å². The van der Waals surface area contributed by atoms with Crippen molar-refractivity contribution in [1.29, 1.82) is 0 Å². The van der Waals surface area contributed by atoms with Crippen molar-refractivity contribution in [3.8, 4) is 11.3 Å². The fourth-order valence-corrected chi connectivity index (χ4v) is 4.02. The summed E-state index contributed by atoms with van der Waals surface area (Å²) in [5, 5.41) is 17.0. The van der Waals surface area contributed by atoms with E-state index < -0.39 is 18.2 Å². The number of aliphatic hydroxyl groups excluding tert-OH is 1. The van der Waals surface area contributed by atoms with Crippen LogP contribution >= 0.6 is 0 Å². The number of hydrogen-bond donors (Lipinski definition) is 2. The number of piperazine rings is 2. The van der Waals surface area contributed by atoms with Crippen LogP contribution in [0.3, 0.4) is 0 Å². The van der Waals surface area contributed by atoms with Crippen LogP contribution in [0.4, 0.5) is 0 Å². The lowest BCUT2D eigenvalue weighted by Gasteiger charge is -2.45. The molecule has 2 aliphatic heterocycles. The van der Waals surface area contributed by atoms with Crippen molar-refractivity contribution in [2.45, 2.75) is 31.7 Å². The number of carbonyl (C=O) groups excluding carboxylic acids is 2. The Hall–Kier alpha value is -2.71. The van der Waals surface area contributed by atoms with Gasteiger partial charge in [-0.05, 0) is 6.92 Å². The molecule has 0 spiro atoms. The predicted molar refractivity (Wildman–Crippen MR) is 103 cm³/mol. The molecule has 28 heavy (non-hydrogen) atoms. The first-order valence-electron chi connectivity index (χ1n) is 9.53. The van der Waals surface area contributed by atoms with Crippen molar-refractivity contribution in [1.82, 2.24) is 24.9 Å². The molecule has 0 radical (unpaired) electrons. The topological polar surface area (TPSA) is 90.7 Å². The minimum absolute atomic E-state index is 0.203. The Bertz CT molecular complexity index is 879. The summed E-state index contributed by atoms with van der Waals surface area (Å²) in [6.45, 7) is 3.79. The molecule has 2 aliphatic rings. The highest BCUT2D eigenvalue weighted by molar-refractivity contribution is 5.97. The van der Waals surface area contributed by atoms with Crippen LogP contribution in [0.5, 0.6) is 0 Å². The van der Waals surface area contributed by atoms with Gasteiger partial charge in [-0.3, -0.25) is 19.2 Å². The van der Waals surface area contributed by atoms with Crippen molar-refractivity contribution in [2.75, 3.05) is 19.6 Å². The second-order valence-corrected chi connectivity index (χ2v) is 7.55. The summed E-state index contributed by atoms with van der Waals surface area (Å²) in [4.78, 5) is 28.9. The number of rotatable bonds is 4. The third-order valence-corrected chi connectivity index (χ3v) is 5.44. The zero-order valence-corrected chi connectivity index (χ0v) is 16.1. The largest absolute Gasteiger partial charge is 0.391 e. The van der Waals surface area contributed by atoms with E-state index in [1.807, 2.05) is 43.6 Å². The van der Waals surface area contributed by atoms with E-state index in [1.165, 1.54) is 6.92 Å². The Labute approximate surface area is 163 Å². The number of nitrogens with zero attached hydrogens (tertiary/aromatic N) is 4. The smallest absolute Gasteiger partial charge is 0.248 e. The third kappa shape index (κ3) is 3.41. The number of hydrogen-bond acceptors (Lipinski definition) is 5. The fourth-order valence-electron chi connectivity index (χ4n) is 4.02. The number of carbonyl (C=O) groups is 2. The molecule has 8 heteroatoms. The van der Waals surface area contributed by atoms with Crippen LogP contribution in [0, 0.1) is 0 Å². The number of benzene rings is 1. The van der Waals surface area contributed by atoms with Crippen molar-refractivity contribution >= 4 is 11.8 Å². The summed E-state index contributed by atoms with van der Waals surface area (Å²) >= 11 is 0. The maximum Gasteiger partial charge on any atom is 0.248 e. The van der Waals surface area contributed by atoms with E-state index in [-0.39, 0.29) is 11.8 Å². The van der Waals surface area contributed by atoms with E-state index in [1.54, 1.807) is 9.58 Å². The van der Waals surface area contributed by atoms with Gasteiger partial charge in [0.1, 0.15) is 12.1 Å². The second kappa shape index (κ2) is 7.37. The van der Waals surface area contributed by atoms with Gasteiger partial charge in [-0.1, -0.05) is 30.3 Å². The predicted octanol–water partition coefficient (Wildman–Crippen LogP) is -0.0209. The van der Waals surface area contributed by atoms with E-state index in [9.17, 15) is 14.7 Å². The molecule has 4 rings (SSSR count). The second-order valence-electron chi connectivity index (χ2n) is 7.55. The molecule has 2 N–H and O–H groups in total. The number of fused-ring (bicyclic) bond motifs is 1. The quantitative estimate of drug-likeness (QED) is 0.774. The van der Waals surface area contributed by atoms with E-state index in [2.05, 4.69) is 15.3 Å². The molecule has 0 aliphatic carbocycles. The Morgan fingerprint density at radius 2 is 2.00 bits per heavy atom. The molecule has 2 amide bonds. The van der Waals surface area contributed by atoms with Crippen molar-refractivity contribution in [3.63, 3.8) is 0 Å². The van der Waals surface area contributed by atoms with Gasteiger partial charge in [-0.2, -0.15) is 5.10 Å². The lowest BCUT2D eigenvalue weighted by Crippen LogP contribution is -2.70. The van der Waals surface area contributed by atoms with E-state index in [0.29, 0.717) is 26.2 Å². The number of aromatic nitrogens is 2. The van der Waals surface area contributed by atoms with E-state index >= 15 is 0 Å². The third-order valence-electron chi connectivity index (χ3n) is 5.44. The van der Waals surface area contributed by atoms with E-state index in [0.717, 1.165) is 16.8 Å². The standard InChI is InChI=1S/C20H25N5O3/c1-13(26)17-20(28)25-9-8-24(12-16(25)19(27)21-17)11-15-10-23(2)22-18(15)14-6-4-3-5-7-14/h3-7,10,13,16-17,26H,8-9,11-12H2,1-2H3,(H,21,27)/t13-,16-,17+/m1/s1. The highest BCUT2D eigenvalue weighted by Crippen LogP contribution is 2.25. The fraction of sp³-hybridized carbons (Fsp3) is 0.450. The summed E-state index contributed by atoms with van der Waals surface area (Å²) in [5.74, 6) is -0.407. The average Bonchev–Trinajstić information content (AvgIpc) is 3.05. The van der Waals surface area contributed by atoms with Crippen molar-refractivity contribution < 1.29 is 14.7 Å². The van der Waals surface area contributed by atoms with Crippen molar-refractivity contribution in [2.24, 2.45) is 7.05 Å². The maximum absolute atomic E-state index is 12.6. The average molecular weight is 383 g/mol. The van der Waals surface area contributed by atoms with Gasteiger partial charge < -0.3 is 15.3 Å². The molecule has 1 aromatic heterocycles. The minimum Gasteiger partial charge on any atom is -0.391 e. The van der Waals surface area contributed by atoms with Crippen LogP contribution in [-0.4, -0.2) is 74.3 Å². The zero-order chi connectivity index (χ0) is 19.8. The van der Waals surface area contributed by atoms with Gasteiger partial charge in [0.05, 0.1) is 11.8 Å². The number of aryl methyl sites for hydroxylation is 1. The maximum atomic E-state index is 12.6. The Morgan fingerprint density at radius 1 is 1.25 bits per heavy atom. The van der Waals surface area contributed by atoms with Gasteiger partial charge in [0, 0.05) is 50.6 Å². The van der Waals surface area contributed by atoms with Gasteiger partial charge in [0.15, 0.2) is 0 Å².